The number of aryl methyl sites for hydroxylation is 1. The lowest BCUT2D eigenvalue weighted by Crippen LogP contribution is -2.33. The molecule has 1 aliphatic heterocycles. The lowest BCUT2D eigenvalue weighted by molar-refractivity contribution is -0.0612. The number of hydrogen-bond acceptors (Lipinski definition) is 10. The van der Waals surface area contributed by atoms with Gasteiger partial charge in [0.15, 0.2) is 29.0 Å². The predicted molar refractivity (Wildman–Crippen MR) is 130 cm³/mol. The van der Waals surface area contributed by atoms with Crippen molar-refractivity contribution in [3.63, 3.8) is 0 Å². The highest BCUT2D eigenvalue weighted by Crippen LogP contribution is 2.36. The van der Waals surface area contributed by atoms with Crippen LogP contribution in [0.3, 0.4) is 0 Å². The average Bonchev–Trinajstić information content (AvgIpc) is 3.56. The molecule has 4 atom stereocenters. The van der Waals surface area contributed by atoms with Crippen LogP contribution < -0.4 is 5.32 Å². The maximum absolute atomic E-state index is 11.1. The van der Waals surface area contributed by atoms with E-state index in [2.05, 4.69) is 25.4 Å². The smallest absolute Gasteiger partial charge is 0.350 e. The minimum absolute atomic E-state index is 0.327. The van der Waals surface area contributed by atoms with Gasteiger partial charge in [0.05, 0.1) is 24.7 Å². The number of nitrogens with one attached hydrogen (secondary N) is 1. The van der Waals surface area contributed by atoms with E-state index in [-0.39, 0.29) is 6.61 Å². The monoisotopic (exact) mass is 531 g/mol. The molecule has 1 saturated heterocycles. The van der Waals surface area contributed by atoms with Gasteiger partial charge in [-0.15, -0.1) is 0 Å². The summed E-state index contributed by atoms with van der Waals surface area (Å²) in [5, 5.41) is 28.7. The van der Waals surface area contributed by atoms with E-state index in [1.54, 1.807) is 24.1 Å². The molecule has 0 radical (unpaired) electrons. The molecule has 5 N–H and O–H groups in total. The summed E-state index contributed by atoms with van der Waals surface area (Å²) in [5.41, 5.74) is 2.47. The third-order valence-electron chi connectivity index (χ3n) is 5.84. The molecule has 0 unspecified atom stereocenters. The molecule has 196 valence electrons. The highest BCUT2D eigenvalue weighted by atomic mass is 31.2. The fourth-order valence-electron chi connectivity index (χ4n) is 4.06. The molecule has 0 spiro atoms. The molecular weight excluding hydrogens is 505 g/mol. The van der Waals surface area contributed by atoms with Gasteiger partial charge in [-0.25, -0.2) is 15.0 Å². The number of aromatic nitrogens is 6. The molecule has 15 heteroatoms. The van der Waals surface area contributed by atoms with Gasteiger partial charge in [-0.05, 0) is 5.56 Å². The van der Waals surface area contributed by atoms with Crippen LogP contribution in [0.2, 0.25) is 0 Å². The van der Waals surface area contributed by atoms with E-state index in [9.17, 15) is 14.8 Å². The fraction of sp³-hybridized carbons (Fsp3) is 0.364. The summed E-state index contributed by atoms with van der Waals surface area (Å²) < 4.78 is 25.0. The van der Waals surface area contributed by atoms with Gasteiger partial charge in [0, 0.05) is 19.8 Å². The molecular formula is C22H26N7O7P. The minimum Gasteiger partial charge on any atom is -0.387 e. The molecule has 0 bridgehead atoms. The first-order valence-corrected chi connectivity index (χ1v) is 13.1. The van der Waals surface area contributed by atoms with Crippen LogP contribution in [0.25, 0.3) is 22.6 Å². The summed E-state index contributed by atoms with van der Waals surface area (Å²) in [6, 6.07) is 9.76. The highest BCUT2D eigenvalue weighted by molar-refractivity contribution is 7.51. The second-order valence-electron chi connectivity index (χ2n) is 8.67. The van der Waals surface area contributed by atoms with E-state index in [1.807, 2.05) is 30.3 Å². The zero-order chi connectivity index (χ0) is 26.2. The molecule has 0 saturated carbocycles. The molecule has 5 rings (SSSR count). The van der Waals surface area contributed by atoms with Gasteiger partial charge >= 0.3 is 7.60 Å². The number of hydrogen-bond donors (Lipinski definition) is 5. The third kappa shape index (κ3) is 5.55. The van der Waals surface area contributed by atoms with E-state index in [0.717, 1.165) is 5.56 Å². The van der Waals surface area contributed by atoms with Gasteiger partial charge in [0.2, 0.25) is 0 Å². The summed E-state index contributed by atoms with van der Waals surface area (Å²) in [6.07, 6.45) is -0.856. The number of nitrogens with zero attached hydrogens (tertiary/aromatic N) is 6. The Hall–Kier alpha value is -3.23. The van der Waals surface area contributed by atoms with Gasteiger partial charge in [-0.1, -0.05) is 30.3 Å². The van der Waals surface area contributed by atoms with Crippen LogP contribution in [0.5, 0.6) is 0 Å². The summed E-state index contributed by atoms with van der Waals surface area (Å²) in [7, 11) is -2.61. The number of benzene rings is 1. The van der Waals surface area contributed by atoms with E-state index in [4.69, 9.17) is 19.3 Å². The molecule has 4 heterocycles. The first-order chi connectivity index (χ1) is 17.7. The van der Waals surface area contributed by atoms with Gasteiger partial charge in [-0.2, -0.15) is 5.10 Å². The lowest BCUT2D eigenvalue weighted by Gasteiger charge is -2.17. The number of fused-ring (bicyclic) bond motifs is 1. The maximum atomic E-state index is 11.1. The molecule has 1 fully saturated rings. The van der Waals surface area contributed by atoms with Crippen LogP contribution in [-0.4, -0.2) is 80.6 Å². The standard InChI is InChI=1S/C22H26N7O7P/c1-28-9-14(8-25-28)19-26-20(23-7-13-5-3-2-4-6-13)16-21(27-19)29(11-24-16)22-18(31)17(30)15(36-22)10-35-12-37(32,33)34/h2-6,8-9,11,15,17-18,22,30-31H,7,10,12H2,1H3,(H,23,26,27)(H2,32,33,34)/t15-,17-,18-,22-/m1/s1. The second kappa shape index (κ2) is 10.3. The Bertz CT molecular complexity index is 1420. The maximum Gasteiger partial charge on any atom is 0.350 e. The zero-order valence-electron chi connectivity index (χ0n) is 19.7. The normalized spacial score (nSPS) is 22.1. The van der Waals surface area contributed by atoms with E-state index in [1.165, 1.54) is 10.9 Å². The number of imidazole rings is 1. The lowest BCUT2D eigenvalue weighted by atomic mass is 10.1. The molecule has 3 aromatic heterocycles. The van der Waals surface area contributed by atoms with Gasteiger partial charge in [0.1, 0.15) is 24.7 Å². The molecule has 0 aliphatic carbocycles. The first-order valence-electron chi connectivity index (χ1n) is 11.3. The molecule has 1 aromatic carbocycles. The van der Waals surface area contributed by atoms with Crippen molar-refractivity contribution in [2.45, 2.75) is 31.1 Å². The van der Waals surface area contributed by atoms with Crippen molar-refractivity contribution in [1.82, 2.24) is 29.3 Å². The first kappa shape index (κ1) is 25.4. The average molecular weight is 531 g/mol. The summed E-state index contributed by atoms with van der Waals surface area (Å²) in [5.74, 6) is 0.827. The molecule has 1 aliphatic rings. The summed E-state index contributed by atoms with van der Waals surface area (Å²) in [4.78, 5) is 31.7. The Morgan fingerprint density at radius 2 is 1.95 bits per heavy atom. The Labute approximate surface area is 210 Å². The van der Waals surface area contributed by atoms with Crippen molar-refractivity contribution in [3.05, 3.63) is 54.6 Å². The number of anilines is 1. The van der Waals surface area contributed by atoms with Crippen LogP contribution in [-0.2, 0) is 27.6 Å². The number of aliphatic hydroxyl groups excluding tert-OH is 2. The van der Waals surface area contributed by atoms with E-state index < -0.39 is 38.5 Å². The SMILES string of the molecule is Cn1cc(-c2nc(NCc3ccccc3)c3ncn([C@@H]4O[C@H](COCP(=O)(O)O)[C@@H](O)[C@H]4O)c3n2)cn1. The van der Waals surface area contributed by atoms with E-state index >= 15 is 0 Å². The summed E-state index contributed by atoms with van der Waals surface area (Å²) >= 11 is 0. The van der Waals surface area contributed by atoms with Crippen molar-refractivity contribution in [2.24, 2.45) is 7.05 Å². The van der Waals surface area contributed by atoms with Crippen LogP contribution in [0.4, 0.5) is 5.82 Å². The van der Waals surface area contributed by atoms with Crippen LogP contribution in [0.15, 0.2) is 49.1 Å². The van der Waals surface area contributed by atoms with Crippen molar-refractivity contribution in [2.75, 3.05) is 18.3 Å². The molecule has 37 heavy (non-hydrogen) atoms. The Kier molecular flexibility index (Phi) is 7.05. The highest BCUT2D eigenvalue weighted by Gasteiger charge is 2.44. The third-order valence-corrected chi connectivity index (χ3v) is 6.36. The van der Waals surface area contributed by atoms with Gasteiger partial charge in [-0.3, -0.25) is 13.8 Å². The predicted octanol–water partition coefficient (Wildman–Crippen LogP) is 0.610. The quantitative estimate of drug-likeness (QED) is 0.190. The largest absolute Gasteiger partial charge is 0.387 e. The Morgan fingerprint density at radius 1 is 1.16 bits per heavy atom. The second-order valence-corrected chi connectivity index (χ2v) is 10.3. The van der Waals surface area contributed by atoms with Crippen LogP contribution in [0, 0.1) is 0 Å². The zero-order valence-corrected chi connectivity index (χ0v) is 20.6. The van der Waals surface area contributed by atoms with E-state index in [0.29, 0.717) is 34.9 Å². The molecule has 0 amide bonds. The van der Waals surface area contributed by atoms with Crippen molar-refractivity contribution >= 4 is 24.6 Å². The number of ether oxygens (including phenoxy) is 2. The number of aliphatic hydroxyl groups is 2. The van der Waals surface area contributed by atoms with Crippen molar-refractivity contribution in [3.8, 4) is 11.4 Å². The Balaban J connectivity index is 1.47. The van der Waals surface area contributed by atoms with Crippen LogP contribution >= 0.6 is 7.60 Å². The van der Waals surface area contributed by atoms with Crippen molar-refractivity contribution < 1.29 is 34.0 Å². The topological polar surface area (TPSA) is 190 Å². The van der Waals surface area contributed by atoms with Crippen molar-refractivity contribution in [1.29, 1.82) is 0 Å². The van der Waals surface area contributed by atoms with Crippen LogP contribution in [0.1, 0.15) is 11.8 Å². The molecule has 14 nitrogen and oxygen atoms in total. The van der Waals surface area contributed by atoms with Gasteiger partial charge < -0.3 is 34.8 Å². The Morgan fingerprint density at radius 3 is 2.65 bits per heavy atom. The molecule has 4 aromatic rings. The van der Waals surface area contributed by atoms with Gasteiger partial charge in [0.25, 0.3) is 0 Å². The fourth-order valence-corrected chi connectivity index (χ4v) is 4.40. The summed E-state index contributed by atoms with van der Waals surface area (Å²) in [6.45, 7) is 0.152. The minimum atomic E-state index is -4.39. The number of rotatable bonds is 9.